The number of phenolic OH excluding ortho intramolecular Hbond substituents is 1. The lowest BCUT2D eigenvalue weighted by Gasteiger charge is -2.34. The number of phenols is 1. The Balaban J connectivity index is 0.756. The molecule has 58 heavy (non-hydrogen) atoms. The molecule has 1 unspecified atom stereocenters. The van der Waals surface area contributed by atoms with Crippen molar-refractivity contribution in [2.45, 2.75) is 69.7 Å². The van der Waals surface area contributed by atoms with E-state index in [0.29, 0.717) is 34.7 Å². The van der Waals surface area contributed by atoms with Gasteiger partial charge >= 0.3 is 6.09 Å². The van der Waals surface area contributed by atoms with Gasteiger partial charge in [0.2, 0.25) is 5.56 Å². The first-order valence-electron chi connectivity index (χ1n) is 20.4. The molecule has 2 aliphatic rings. The molecule has 0 radical (unpaired) electrons. The highest BCUT2D eigenvalue weighted by Gasteiger charge is 2.26. The summed E-state index contributed by atoms with van der Waals surface area (Å²) < 4.78 is 11.7. The minimum Gasteiger partial charge on any atom is -0.506 e. The molecule has 7 rings (SSSR count). The van der Waals surface area contributed by atoms with Gasteiger partial charge in [-0.15, -0.1) is 0 Å². The predicted molar refractivity (Wildman–Crippen MR) is 225 cm³/mol. The summed E-state index contributed by atoms with van der Waals surface area (Å²) in [5.74, 6) is 1.05. The topological polar surface area (TPSA) is 165 Å². The Bertz CT molecular complexity index is 2200. The Morgan fingerprint density at radius 3 is 2.45 bits per heavy atom. The number of amides is 2. The predicted octanol–water partition coefficient (Wildman–Crippen LogP) is 6.88. The van der Waals surface area contributed by atoms with Crippen LogP contribution in [0.3, 0.4) is 0 Å². The van der Waals surface area contributed by atoms with Crippen molar-refractivity contribution in [3.05, 3.63) is 125 Å². The van der Waals surface area contributed by atoms with E-state index in [-0.39, 0.29) is 42.5 Å². The number of para-hydroxylation sites is 1. The quantitative estimate of drug-likeness (QED) is 0.0664. The van der Waals surface area contributed by atoms with Crippen LogP contribution in [0.4, 0.5) is 10.5 Å². The monoisotopic (exact) mass is 787 g/mol. The number of aliphatic hydroxyl groups excluding tert-OH is 1. The number of fused-ring (bicyclic) bond motifs is 1. The van der Waals surface area contributed by atoms with E-state index < -0.39 is 12.2 Å². The summed E-state index contributed by atoms with van der Waals surface area (Å²) >= 11 is 0. The fraction of sp³-hybridized carbons (Fsp3) is 0.370. The van der Waals surface area contributed by atoms with Crippen LogP contribution in [0, 0.1) is 5.92 Å². The number of aromatic amines is 1. The van der Waals surface area contributed by atoms with Gasteiger partial charge in [-0.2, -0.15) is 0 Å². The van der Waals surface area contributed by atoms with E-state index in [1.807, 2.05) is 78.9 Å². The molecule has 1 saturated heterocycles. The van der Waals surface area contributed by atoms with Crippen LogP contribution in [-0.2, 0) is 16.1 Å². The number of carbonyl (C=O) groups is 2. The third-order valence-corrected chi connectivity index (χ3v) is 11.3. The number of likely N-dealkylation sites (tertiary alicyclic amines) is 1. The number of aliphatic hydroxyl groups is 1. The van der Waals surface area contributed by atoms with Gasteiger partial charge in [0.1, 0.15) is 17.6 Å². The molecule has 0 bridgehead atoms. The van der Waals surface area contributed by atoms with E-state index in [0.717, 1.165) is 87.0 Å². The molecule has 1 atom stereocenters. The van der Waals surface area contributed by atoms with E-state index in [2.05, 4.69) is 25.8 Å². The van der Waals surface area contributed by atoms with E-state index >= 15 is 0 Å². The van der Waals surface area contributed by atoms with Crippen LogP contribution < -0.4 is 26.2 Å². The van der Waals surface area contributed by atoms with Crippen LogP contribution in [-0.4, -0.2) is 77.0 Å². The molecule has 1 aliphatic carbocycles. The van der Waals surface area contributed by atoms with Crippen LogP contribution in [0.2, 0.25) is 0 Å². The van der Waals surface area contributed by atoms with Crippen molar-refractivity contribution < 1.29 is 29.3 Å². The molecule has 5 aromatic rings. The maximum atomic E-state index is 12.8. The number of aromatic nitrogens is 1. The summed E-state index contributed by atoms with van der Waals surface area (Å²) in [4.78, 5) is 42.4. The first kappa shape index (κ1) is 40.5. The van der Waals surface area contributed by atoms with Gasteiger partial charge in [-0.3, -0.25) is 14.9 Å². The van der Waals surface area contributed by atoms with Crippen molar-refractivity contribution in [3.8, 4) is 22.6 Å². The summed E-state index contributed by atoms with van der Waals surface area (Å²) in [6.07, 6.45) is 5.50. The summed E-state index contributed by atoms with van der Waals surface area (Å²) in [7, 11) is 0. The second-order valence-corrected chi connectivity index (χ2v) is 15.4. The number of ether oxygens (including phenoxy) is 2. The standard InChI is InChI=1S/C46H53N5O7/c52-41-19-17-38(39-18-20-43(54)50-45(39)41)42(53)29-47-28-32-7-6-10-36(27-32)57-30-44(55)48-34-15-13-31(14-16-34)21-24-51-25-22-35(23-26-51)58-46(56)49-40-12-5-4-11-37(40)33-8-2-1-3-9-33/h1-12,17-20,27,31,34-35,42,47,52-53H,13-16,21-26,28-30H2,(H,48,55)(H,49,56)(H,50,54). The zero-order valence-corrected chi connectivity index (χ0v) is 32.7. The van der Waals surface area contributed by atoms with Crippen molar-refractivity contribution in [1.29, 1.82) is 0 Å². The maximum absolute atomic E-state index is 12.8. The molecule has 2 heterocycles. The summed E-state index contributed by atoms with van der Waals surface area (Å²) in [5, 5.41) is 30.9. The number of carbonyl (C=O) groups excluding carboxylic acids is 2. The summed E-state index contributed by atoms with van der Waals surface area (Å²) in [5.41, 5.74) is 4.24. The van der Waals surface area contributed by atoms with Crippen LogP contribution >= 0.6 is 0 Å². The van der Waals surface area contributed by atoms with E-state index in [4.69, 9.17) is 9.47 Å². The number of aromatic hydroxyl groups is 1. The van der Waals surface area contributed by atoms with E-state index in [1.54, 1.807) is 12.1 Å². The SMILES string of the molecule is O=C(COc1cccc(CNCC(O)c2ccc(O)c3[nH]c(=O)ccc23)c1)NC1CCC(CCN2CCC(OC(=O)Nc3ccccc3-c3ccccc3)CC2)CC1. The number of pyridine rings is 1. The molecule has 304 valence electrons. The fourth-order valence-electron chi connectivity index (χ4n) is 8.14. The number of anilines is 1. The van der Waals surface area contributed by atoms with E-state index in [1.165, 1.54) is 12.1 Å². The minimum atomic E-state index is -0.867. The number of hydrogen-bond acceptors (Lipinski definition) is 9. The largest absolute Gasteiger partial charge is 0.506 e. The number of piperidine rings is 1. The van der Waals surface area contributed by atoms with E-state index in [9.17, 15) is 24.6 Å². The Morgan fingerprint density at radius 1 is 0.862 bits per heavy atom. The molecule has 2 amide bonds. The molecule has 2 fully saturated rings. The smallest absolute Gasteiger partial charge is 0.411 e. The van der Waals surface area contributed by atoms with Crippen LogP contribution in [0.25, 0.3) is 22.0 Å². The third kappa shape index (κ3) is 11.0. The van der Waals surface area contributed by atoms with Gasteiger partial charge in [0.25, 0.3) is 5.91 Å². The lowest BCUT2D eigenvalue weighted by molar-refractivity contribution is -0.124. The first-order valence-corrected chi connectivity index (χ1v) is 20.4. The molecular weight excluding hydrogens is 735 g/mol. The van der Waals surface area contributed by atoms with Crippen molar-refractivity contribution in [2.24, 2.45) is 5.92 Å². The number of H-pyrrole nitrogens is 1. The molecule has 1 aliphatic heterocycles. The molecule has 12 nitrogen and oxygen atoms in total. The fourth-order valence-corrected chi connectivity index (χ4v) is 8.14. The second kappa shape index (κ2) is 19.6. The molecule has 0 spiro atoms. The van der Waals surface area contributed by atoms with Gasteiger partial charge in [0.15, 0.2) is 6.61 Å². The van der Waals surface area contributed by atoms with Gasteiger partial charge in [0, 0.05) is 49.2 Å². The number of rotatable bonds is 15. The molecule has 4 aromatic carbocycles. The molecule has 1 saturated carbocycles. The zero-order chi connectivity index (χ0) is 40.3. The van der Waals surface area contributed by atoms with Crippen LogP contribution in [0.5, 0.6) is 11.5 Å². The number of hydrogen-bond donors (Lipinski definition) is 6. The summed E-state index contributed by atoms with van der Waals surface area (Å²) in [6, 6.07) is 31.5. The van der Waals surface area contributed by atoms with Crippen molar-refractivity contribution in [3.63, 3.8) is 0 Å². The molecule has 6 N–H and O–H groups in total. The minimum absolute atomic E-state index is 0.0521. The Labute approximate surface area is 338 Å². The Hall–Kier alpha value is -5.69. The zero-order valence-electron chi connectivity index (χ0n) is 32.7. The van der Waals surface area contributed by atoms with Gasteiger partial charge in [-0.05, 0) is 104 Å². The highest BCUT2D eigenvalue weighted by atomic mass is 16.6. The van der Waals surface area contributed by atoms with Gasteiger partial charge < -0.3 is 40.2 Å². The maximum Gasteiger partial charge on any atom is 0.411 e. The van der Waals surface area contributed by atoms with Gasteiger partial charge in [-0.25, -0.2) is 4.79 Å². The second-order valence-electron chi connectivity index (χ2n) is 15.4. The normalized spacial score (nSPS) is 18.0. The van der Waals surface area contributed by atoms with Crippen LogP contribution in [0.1, 0.15) is 62.2 Å². The molecule has 12 heteroatoms. The Morgan fingerprint density at radius 2 is 1.64 bits per heavy atom. The van der Waals surface area contributed by atoms with Gasteiger partial charge in [0.05, 0.1) is 17.3 Å². The first-order chi connectivity index (χ1) is 28.3. The van der Waals surface area contributed by atoms with Crippen molar-refractivity contribution >= 4 is 28.6 Å². The highest BCUT2D eigenvalue weighted by Crippen LogP contribution is 2.31. The lowest BCUT2D eigenvalue weighted by atomic mass is 9.84. The van der Waals surface area contributed by atoms with Gasteiger partial charge in [-0.1, -0.05) is 66.7 Å². The van der Waals surface area contributed by atoms with Crippen molar-refractivity contribution in [1.82, 2.24) is 20.5 Å². The molecule has 1 aromatic heterocycles. The summed E-state index contributed by atoms with van der Waals surface area (Å²) in [6.45, 7) is 3.51. The Kier molecular flexibility index (Phi) is 13.7. The lowest BCUT2D eigenvalue weighted by Crippen LogP contribution is -2.41. The van der Waals surface area contributed by atoms with Crippen molar-refractivity contribution in [2.75, 3.05) is 38.1 Å². The number of nitrogens with zero attached hydrogens (tertiary/aromatic N) is 1. The van der Waals surface area contributed by atoms with Crippen LogP contribution in [0.15, 0.2) is 108 Å². The number of nitrogens with one attached hydrogen (secondary N) is 4. The molecular formula is C46H53N5O7. The highest BCUT2D eigenvalue weighted by molar-refractivity contribution is 5.91. The number of benzene rings is 4. The average Bonchev–Trinajstić information content (AvgIpc) is 3.24. The average molecular weight is 788 g/mol. The third-order valence-electron chi connectivity index (χ3n) is 11.3.